The van der Waals surface area contributed by atoms with E-state index >= 15 is 0 Å². The van der Waals surface area contributed by atoms with Crippen molar-refractivity contribution in [1.29, 1.82) is 0 Å². The lowest BCUT2D eigenvalue weighted by molar-refractivity contribution is -0.137. The summed E-state index contributed by atoms with van der Waals surface area (Å²) in [5.41, 5.74) is -0.460. The summed E-state index contributed by atoms with van der Waals surface area (Å²) in [6.07, 6.45) is -4.40. The van der Waals surface area contributed by atoms with Crippen molar-refractivity contribution in [3.8, 4) is 11.4 Å². The fraction of sp³-hybridized carbons (Fsp3) is 0.294. The van der Waals surface area contributed by atoms with Crippen LogP contribution in [0.25, 0.3) is 11.4 Å². The van der Waals surface area contributed by atoms with Crippen LogP contribution >= 0.6 is 11.3 Å². The molecule has 0 fully saturated rings. The minimum Gasteiger partial charge on any atom is -0.338 e. The number of nitrogens with zero attached hydrogens (tertiary/aromatic N) is 3. The van der Waals surface area contributed by atoms with Crippen molar-refractivity contribution in [2.45, 2.75) is 25.7 Å². The van der Waals surface area contributed by atoms with Crippen molar-refractivity contribution in [2.24, 2.45) is 0 Å². The molecule has 0 saturated heterocycles. The third-order valence-corrected chi connectivity index (χ3v) is 4.96. The van der Waals surface area contributed by atoms with Gasteiger partial charge < -0.3 is 4.52 Å². The van der Waals surface area contributed by atoms with Crippen LogP contribution in [0.1, 0.15) is 29.3 Å². The van der Waals surface area contributed by atoms with E-state index < -0.39 is 11.7 Å². The Bertz CT molecular complexity index is 830. The van der Waals surface area contributed by atoms with E-state index in [9.17, 15) is 13.2 Å². The molecule has 0 aliphatic heterocycles. The zero-order chi connectivity index (χ0) is 18.0. The average Bonchev–Trinajstić information content (AvgIpc) is 3.25. The fourth-order valence-corrected chi connectivity index (χ4v) is 3.22. The monoisotopic (exact) mass is 367 g/mol. The van der Waals surface area contributed by atoms with Gasteiger partial charge in [-0.25, -0.2) is 0 Å². The van der Waals surface area contributed by atoms with Gasteiger partial charge in [0.05, 0.1) is 12.1 Å². The molecule has 3 rings (SSSR count). The largest absolute Gasteiger partial charge is 0.416 e. The second-order valence-corrected chi connectivity index (χ2v) is 6.68. The van der Waals surface area contributed by atoms with Gasteiger partial charge in [0.1, 0.15) is 0 Å². The highest BCUT2D eigenvalue weighted by Gasteiger charge is 2.30. The Kier molecular flexibility index (Phi) is 4.91. The molecule has 0 aliphatic carbocycles. The molecular weight excluding hydrogens is 351 g/mol. The van der Waals surface area contributed by atoms with Crippen LogP contribution in [0.3, 0.4) is 0 Å². The maximum Gasteiger partial charge on any atom is 0.416 e. The lowest BCUT2D eigenvalue weighted by Gasteiger charge is -2.21. The Labute approximate surface area is 146 Å². The number of hydrogen-bond donors (Lipinski definition) is 0. The summed E-state index contributed by atoms with van der Waals surface area (Å²) in [4.78, 5) is 7.47. The van der Waals surface area contributed by atoms with Gasteiger partial charge >= 0.3 is 6.18 Å². The zero-order valence-electron chi connectivity index (χ0n) is 13.6. The van der Waals surface area contributed by atoms with Gasteiger partial charge in [-0.05, 0) is 37.6 Å². The molecule has 0 unspecified atom stereocenters. The predicted octanol–water partition coefficient (Wildman–Crippen LogP) is 5.01. The Morgan fingerprint density at radius 2 is 2.04 bits per heavy atom. The van der Waals surface area contributed by atoms with E-state index in [0.29, 0.717) is 12.4 Å². The third kappa shape index (κ3) is 4.08. The number of hydrogen-bond acceptors (Lipinski definition) is 5. The normalized spacial score (nSPS) is 13.4. The number of benzene rings is 1. The van der Waals surface area contributed by atoms with Gasteiger partial charge in [-0.15, -0.1) is 11.3 Å². The minimum absolute atomic E-state index is 0.151. The molecule has 0 aliphatic rings. The number of alkyl halides is 3. The minimum atomic E-state index is -4.40. The summed E-state index contributed by atoms with van der Waals surface area (Å²) in [5.74, 6) is 0.511. The van der Waals surface area contributed by atoms with Gasteiger partial charge in [-0.2, -0.15) is 18.2 Å². The van der Waals surface area contributed by atoms with E-state index in [2.05, 4.69) is 17.1 Å². The number of halogens is 3. The Balaban J connectivity index is 1.74. The highest BCUT2D eigenvalue weighted by molar-refractivity contribution is 7.10. The first-order valence-electron chi connectivity index (χ1n) is 7.58. The lowest BCUT2D eigenvalue weighted by atomic mass is 10.1. The van der Waals surface area contributed by atoms with E-state index in [1.807, 2.05) is 29.5 Å². The van der Waals surface area contributed by atoms with E-state index in [-0.39, 0.29) is 17.4 Å². The molecule has 25 heavy (non-hydrogen) atoms. The predicted molar refractivity (Wildman–Crippen MR) is 88.9 cm³/mol. The SMILES string of the molecule is C[C@H](c1cccs1)N(C)Cc1nc(-c2cccc(C(F)(F)F)c2)no1. The molecule has 1 atom stereocenters. The van der Waals surface area contributed by atoms with E-state index in [1.165, 1.54) is 17.0 Å². The number of aromatic nitrogens is 2. The first-order valence-corrected chi connectivity index (χ1v) is 8.46. The van der Waals surface area contributed by atoms with Crippen LogP contribution in [0.4, 0.5) is 13.2 Å². The third-order valence-electron chi connectivity index (χ3n) is 3.92. The molecule has 0 spiro atoms. The van der Waals surface area contributed by atoms with Gasteiger partial charge in [0.15, 0.2) is 0 Å². The topological polar surface area (TPSA) is 42.2 Å². The number of thiophene rings is 1. The second kappa shape index (κ2) is 6.97. The molecule has 2 heterocycles. The fourth-order valence-electron chi connectivity index (χ4n) is 2.37. The van der Waals surface area contributed by atoms with Gasteiger partial charge in [0.2, 0.25) is 11.7 Å². The van der Waals surface area contributed by atoms with Crippen molar-refractivity contribution in [1.82, 2.24) is 15.0 Å². The molecule has 4 nitrogen and oxygen atoms in total. The van der Waals surface area contributed by atoms with Crippen molar-refractivity contribution < 1.29 is 17.7 Å². The molecule has 0 radical (unpaired) electrons. The summed E-state index contributed by atoms with van der Waals surface area (Å²) in [6, 6.07) is 9.11. The maximum absolute atomic E-state index is 12.8. The molecule has 0 bridgehead atoms. The quantitative estimate of drug-likeness (QED) is 0.636. The summed E-state index contributed by atoms with van der Waals surface area (Å²) < 4.78 is 43.6. The molecule has 8 heteroatoms. The van der Waals surface area contributed by atoms with E-state index in [1.54, 1.807) is 11.3 Å². The molecule has 3 aromatic rings. The highest BCUT2D eigenvalue weighted by Crippen LogP contribution is 2.31. The second-order valence-electron chi connectivity index (χ2n) is 5.70. The Morgan fingerprint density at radius 3 is 2.72 bits per heavy atom. The Morgan fingerprint density at radius 1 is 1.24 bits per heavy atom. The van der Waals surface area contributed by atoms with Crippen molar-refractivity contribution in [3.05, 3.63) is 58.1 Å². The van der Waals surface area contributed by atoms with Crippen LogP contribution in [0, 0.1) is 0 Å². The van der Waals surface area contributed by atoms with Gasteiger partial charge in [-0.1, -0.05) is 23.4 Å². The van der Waals surface area contributed by atoms with Crippen LogP contribution in [0.15, 0.2) is 46.3 Å². The smallest absolute Gasteiger partial charge is 0.338 e. The van der Waals surface area contributed by atoms with Crippen LogP contribution in [-0.2, 0) is 12.7 Å². The summed E-state index contributed by atoms with van der Waals surface area (Å²) in [5, 5.41) is 5.82. The first kappa shape index (κ1) is 17.6. The van der Waals surface area contributed by atoms with Crippen molar-refractivity contribution in [3.63, 3.8) is 0 Å². The van der Waals surface area contributed by atoms with Crippen LogP contribution < -0.4 is 0 Å². The molecule has 2 aromatic heterocycles. The number of rotatable bonds is 5. The van der Waals surface area contributed by atoms with Gasteiger partial charge in [-0.3, -0.25) is 4.90 Å². The maximum atomic E-state index is 12.8. The average molecular weight is 367 g/mol. The van der Waals surface area contributed by atoms with Crippen LogP contribution in [0.5, 0.6) is 0 Å². The molecule has 0 saturated carbocycles. The zero-order valence-corrected chi connectivity index (χ0v) is 14.4. The van der Waals surface area contributed by atoms with Crippen molar-refractivity contribution in [2.75, 3.05) is 7.05 Å². The van der Waals surface area contributed by atoms with Crippen LogP contribution in [0.2, 0.25) is 0 Å². The highest BCUT2D eigenvalue weighted by atomic mass is 32.1. The van der Waals surface area contributed by atoms with E-state index in [4.69, 9.17) is 4.52 Å². The lowest BCUT2D eigenvalue weighted by Crippen LogP contribution is -2.21. The van der Waals surface area contributed by atoms with E-state index in [0.717, 1.165) is 12.1 Å². The van der Waals surface area contributed by atoms with Gasteiger partial charge in [0, 0.05) is 16.5 Å². The molecule has 0 N–H and O–H groups in total. The molecule has 0 amide bonds. The Hall–Kier alpha value is -2.19. The standard InChI is InChI=1S/C17H16F3N3OS/c1-11(14-7-4-8-25-14)23(2)10-15-21-16(22-24-15)12-5-3-6-13(9-12)17(18,19)20/h3-9,11H,10H2,1-2H3/t11-/m1/s1. The molecular formula is C17H16F3N3OS. The molecule has 132 valence electrons. The summed E-state index contributed by atoms with van der Waals surface area (Å²) in [6.45, 7) is 2.47. The summed E-state index contributed by atoms with van der Waals surface area (Å²) >= 11 is 1.66. The molecule has 1 aromatic carbocycles. The van der Waals surface area contributed by atoms with Crippen molar-refractivity contribution >= 4 is 11.3 Å². The van der Waals surface area contributed by atoms with Gasteiger partial charge in [0.25, 0.3) is 0 Å². The summed E-state index contributed by atoms with van der Waals surface area (Å²) in [7, 11) is 1.93. The van der Waals surface area contributed by atoms with Crippen LogP contribution in [-0.4, -0.2) is 22.1 Å². The first-order chi connectivity index (χ1) is 11.8.